The molecule has 0 aliphatic heterocycles. The van der Waals surface area contributed by atoms with Gasteiger partial charge in [0.1, 0.15) is 11.6 Å². The highest BCUT2D eigenvalue weighted by molar-refractivity contribution is 5.64. The van der Waals surface area contributed by atoms with E-state index in [9.17, 15) is 0 Å². The summed E-state index contributed by atoms with van der Waals surface area (Å²) in [6.07, 6.45) is 4.15. The van der Waals surface area contributed by atoms with Gasteiger partial charge in [0.15, 0.2) is 5.65 Å². The van der Waals surface area contributed by atoms with Crippen molar-refractivity contribution in [3.05, 3.63) is 42.6 Å². The average Bonchev–Trinajstić information content (AvgIpc) is 2.98. The van der Waals surface area contributed by atoms with Crippen LogP contribution in [0.1, 0.15) is 19.8 Å². The van der Waals surface area contributed by atoms with Crippen molar-refractivity contribution in [1.29, 1.82) is 0 Å². The molecule has 0 fully saturated rings. The van der Waals surface area contributed by atoms with Crippen LogP contribution in [-0.2, 0) is 0 Å². The number of ether oxygens (including phenoxy) is 1. The molecular formula is C17H20N4O. The van der Waals surface area contributed by atoms with Crippen molar-refractivity contribution in [1.82, 2.24) is 14.6 Å². The molecule has 0 saturated carbocycles. The summed E-state index contributed by atoms with van der Waals surface area (Å²) >= 11 is 0. The van der Waals surface area contributed by atoms with Gasteiger partial charge in [-0.05, 0) is 42.8 Å². The van der Waals surface area contributed by atoms with Crippen molar-refractivity contribution < 1.29 is 4.74 Å². The van der Waals surface area contributed by atoms with E-state index in [1.807, 2.05) is 47.1 Å². The quantitative estimate of drug-likeness (QED) is 0.706. The van der Waals surface area contributed by atoms with Crippen LogP contribution in [0, 0.1) is 0 Å². The van der Waals surface area contributed by atoms with Crippen LogP contribution < -0.4 is 10.1 Å². The standard InChI is InChI=1S/C17H20N4O/c1-3-4-11-18-16-9-10-17-19-12-15(21(17)20-16)13-5-7-14(22-2)8-6-13/h5-10,12H,3-4,11H2,1-2H3,(H,18,20). The Kier molecular flexibility index (Phi) is 4.23. The van der Waals surface area contributed by atoms with Crippen LogP contribution >= 0.6 is 0 Å². The van der Waals surface area contributed by atoms with E-state index in [2.05, 4.69) is 22.3 Å². The molecule has 5 heteroatoms. The van der Waals surface area contributed by atoms with Gasteiger partial charge in [0.05, 0.1) is 19.0 Å². The Morgan fingerprint density at radius 2 is 1.95 bits per heavy atom. The fourth-order valence-corrected chi connectivity index (χ4v) is 2.32. The first-order valence-electron chi connectivity index (χ1n) is 7.55. The third-order valence-electron chi connectivity index (χ3n) is 3.58. The van der Waals surface area contributed by atoms with E-state index in [0.717, 1.165) is 47.9 Å². The zero-order valence-electron chi connectivity index (χ0n) is 12.9. The maximum absolute atomic E-state index is 5.20. The minimum atomic E-state index is 0.840. The zero-order chi connectivity index (χ0) is 15.4. The summed E-state index contributed by atoms with van der Waals surface area (Å²) in [7, 11) is 1.67. The van der Waals surface area contributed by atoms with Crippen LogP contribution in [0.4, 0.5) is 5.82 Å². The molecule has 3 rings (SSSR count). The molecule has 0 atom stereocenters. The lowest BCUT2D eigenvalue weighted by atomic mass is 10.1. The number of aromatic nitrogens is 3. The summed E-state index contributed by atoms with van der Waals surface area (Å²) in [5.74, 6) is 1.71. The summed E-state index contributed by atoms with van der Waals surface area (Å²) in [5.41, 5.74) is 2.87. The van der Waals surface area contributed by atoms with Crippen LogP contribution in [-0.4, -0.2) is 28.3 Å². The molecule has 0 bridgehead atoms. The molecule has 2 aromatic heterocycles. The second-order valence-corrected chi connectivity index (χ2v) is 5.14. The lowest BCUT2D eigenvalue weighted by molar-refractivity contribution is 0.415. The maximum Gasteiger partial charge on any atom is 0.154 e. The lowest BCUT2D eigenvalue weighted by Gasteiger charge is -2.07. The first-order chi connectivity index (χ1) is 10.8. The van der Waals surface area contributed by atoms with Gasteiger partial charge in [-0.25, -0.2) is 9.50 Å². The molecule has 1 N–H and O–H groups in total. The van der Waals surface area contributed by atoms with Crippen molar-refractivity contribution in [2.75, 3.05) is 19.0 Å². The summed E-state index contributed by atoms with van der Waals surface area (Å²) in [5, 5.41) is 7.98. The molecule has 5 nitrogen and oxygen atoms in total. The largest absolute Gasteiger partial charge is 0.497 e. The molecule has 3 aromatic rings. The zero-order valence-corrected chi connectivity index (χ0v) is 12.9. The predicted molar refractivity (Wildman–Crippen MR) is 88.4 cm³/mol. The van der Waals surface area contributed by atoms with Gasteiger partial charge in [-0.1, -0.05) is 13.3 Å². The van der Waals surface area contributed by atoms with Gasteiger partial charge in [0.25, 0.3) is 0 Å². The van der Waals surface area contributed by atoms with Gasteiger partial charge >= 0.3 is 0 Å². The molecule has 0 radical (unpaired) electrons. The third-order valence-corrected chi connectivity index (χ3v) is 3.58. The first-order valence-corrected chi connectivity index (χ1v) is 7.55. The minimum Gasteiger partial charge on any atom is -0.497 e. The smallest absolute Gasteiger partial charge is 0.154 e. The van der Waals surface area contributed by atoms with Gasteiger partial charge in [0.2, 0.25) is 0 Å². The van der Waals surface area contributed by atoms with Gasteiger partial charge < -0.3 is 10.1 Å². The summed E-state index contributed by atoms with van der Waals surface area (Å²) in [4.78, 5) is 4.42. The summed E-state index contributed by atoms with van der Waals surface area (Å²) in [6, 6.07) is 11.9. The maximum atomic E-state index is 5.20. The van der Waals surface area contributed by atoms with E-state index in [4.69, 9.17) is 4.74 Å². The van der Waals surface area contributed by atoms with Crippen molar-refractivity contribution in [3.8, 4) is 17.0 Å². The molecule has 22 heavy (non-hydrogen) atoms. The Morgan fingerprint density at radius 3 is 2.68 bits per heavy atom. The SMILES string of the molecule is CCCCNc1ccc2ncc(-c3ccc(OC)cc3)n2n1. The first kappa shape index (κ1) is 14.4. The molecule has 0 unspecified atom stereocenters. The summed E-state index contributed by atoms with van der Waals surface area (Å²) in [6.45, 7) is 3.11. The van der Waals surface area contributed by atoms with Gasteiger partial charge in [0, 0.05) is 12.1 Å². The Labute approximate surface area is 130 Å². The molecule has 2 heterocycles. The topological polar surface area (TPSA) is 51.5 Å². The number of nitrogens with zero attached hydrogens (tertiary/aromatic N) is 3. The normalized spacial score (nSPS) is 10.8. The number of fused-ring (bicyclic) bond motifs is 1. The van der Waals surface area contributed by atoms with Crippen LogP contribution in [0.3, 0.4) is 0 Å². The van der Waals surface area contributed by atoms with Gasteiger partial charge in [-0.15, -0.1) is 5.10 Å². The van der Waals surface area contributed by atoms with Crippen molar-refractivity contribution in [2.45, 2.75) is 19.8 Å². The van der Waals surface area contributed by atoms with E-state index in [1.165, 1.54) is 0 Å². The van der Waals surface area contributed by atoms with E-state index in [-0.39, 0.29) is 0 Å². The highest BCUT2D eigenvalue weighted by atomic mass is 16.5. The summed E-state index contributed by atoms with van der Waals surface area (Å²) < 4.78 is 7.07. The Hall–Kier alpha value is -2.56. The molecule has 0 spiro atoms. The molecule has 0 amide bonds. The number of hydrogen-bond acceptors (Lipinski definition) is 4. The number of unbranched alkanes of at least 4 members (excludes halogenated alkanes) is 1. The number of imidazole rings is 1. The van der Waals surface area contributed by atoms with Crippen molar-refractivity contribution in [2.24, 2.45) is 0 Å². The predicted octanol–water partition coefficient (Wildman–Crippen LogP) is 3.62. The molecule has 0 aliphatic carbocycles. The number of benzene rings is 1. The van der Waals surface area contributed by atoms with Crippen LogP contribution in [0.25, 0.3) is 16.9 Å². The number of anilines is 1. The van der Waals surface area contributed by atoms with Gasteiger partial charge in [-0.2, -0.15) is 0 Å². The Balaban J connectivity index is 1.93. The van der Waals surface area contributed by atoms with E-state index in [0.29, 0.717) is 0 Å². The van der Waals surface area contributed by atoms with E-state index in [1.54, 1.807) is 7.11 Å². The monoisotopic (exact) mass is 296 g/mol. The molecule has 0 aliphatic rings. The number of hydrogen-bond donors (Lipinski definition) is 1. The van der Waals surface area contributed by atoms with Crippen LogP contribution in [0.2, 0.25) is 0 Å². The number of methoxy groups -OCH3 is 1. The molecular weight excluding hydrogens is 276 g/mol. The van der Waals surface area contributed by atoms with Gasteiger partial charge in [-0.3, -0.25) is 0 Å². The van der Waals surface area contributed by atoms with E-state index < -0.39 is 0 Å². The van der Waals surface area contributed by atoms with Crippen molar-refractivity contribution in [3.63, 3.8) is 0 Å². The number of nitrogens with one attached hydrogen (secondary N) is 1. The molecule has 0 saturated heterocycles. The number of rotatable bonds is 6. The third kappa shape index (κ3) is 2.88. The van der Waals surface area contributed by atoms with Crippen molar-refractivity contribution >= 4 is 11.5 Å². The second-order valence-electron chi connectivity index (χ2n) is 5.14. The van der Waals surface area contributed by atoms with Crippen LogP contribution in [0.5, 0.6) is 5.75 Å². The molecule has 1 aromatic carbocycles. The average molecular weight is 296 g/mol. The fourth-order valence-electron chi connectivity index (χ4n) is 2.32. The minimum absolute atomic E-state index is 0.840. The highest BCUT2D eigenvalue weighted by Crippen LogP contribution is 2.23. The molecule has 114 valence electrons. The van der Waals surface area contributed by atoms with Crippen LogP contribution in [0.15, 0.2) is 42.6 Å². The Morgan fingerprint density at radius 1 is 1.14 bits per heavy atom. The highest BCUT2D eigenvalue weighted by Gasteiger charge is 2.08. The second kappa shape index (κ2) is 6.47. The lowest BCUT2D eigenvalue weighted by Crippen LogP contribution is -2.05. The Bertz CT molecular complexity index is 749. The van der Waals surface area contributed by atoms with E-state index >= 15 is 0 Å². The fraction of sp³-hybridized carbons (Fsp3) is 0.294.